The predicted molar refractivity (Wildman–Crippen MR) is 88.3 cm³/mol. The minimum Gasteiger partial charge on any atom is -0.393 e. The maximum absolute atomic E-state index is 10.9. The van der Waals surface area contributed by atoms with E-state index < -0.39 is 5.60 Å². The van der Waals surface area contributed by atoms with Crippen LogP contribution in [-0.4, -0.2) is 22.4 Å². The Morgan fingerprint density at radius 3 is 2.59 bits per heavy atom. The van der Waals surface area contributed by atoms with Crippen LogP contribution in [0.1, 0.15) is 65.7 Å². The van der Waals surface area contributed by atoms with Crippen LogP contribution >= 0.6 is 0 Å². The summed E-state index contributed by atoms with van der Waals surface area (Å²) in [5.41, 5.74) is 0.158. The molecule has 0 aromatic carbocycles. The quantitative estimate of drug-likeness (QED) is 0.721. The standard InChI is InChI=1S/C20H32O2/c1-17(2)7-4-8-18(3)15(17)6-10-19-9-5-14(11-16(18)19)20(22,12-19)13-21/h5,9,14-16,21-22H,4,6-8,10-13H2,1-3H3/t14-,15+,16-,18+,19+,20+/m0/s1. The lowest BCUT2D eigenvalue weighted by Crippen LogP contribution is -2.63. The van der Waals surface area contributed by atoms with Crippen molar-refractivity contribution < 1.29 is 10.2 Å². The summed E-state index contributed by atoms with van der Waals surface area (Å²) in [6.07, 6.45) is 13.1. The molecule has 5 rings (SSSR count). The third-order valence-electron chi connectivity index (χ3n) is 8.41. The van der Waals surface area contributed by atoms with Gasteiger partial charge in [0.05, 0.1) is 12.2 Å². The third-order valence-corrected chi connectivity index (χ3v) is 8.41. The molecule has 0 unspecified atom stereocenters. The zero-order chi connectivity index (χ0) is 15.8. The second kappa shape index (κ2) is 4.39. The molecule has 2 heteroatoms. The van der Waals surface area contributed by atoms with Crippen LogP contribution in [-0.2, 0) is 0 Å². The van der Waals surface area contributed by atoms with Gasteiger partial charge in [-0.25, -0.2) is 0 Å². The minimum atomic E-state index is -0.862. The molecular weight excluding hydrogens is 272 g/mol. The van der Waals surface area contributed by atoms with Crippen molar-refractivity contribution in [2.24, 2.45) is 34.0 Å². The molecule has 22 heavy (non-hydrogen) atoms. The smallest absolute Gasteiger partial charge is 0.0947 e. The van der Waals surface area contributed by atoms with Gasteiger partial charge in [0.15, 0.2) is 0 Å². The first-order valence-corrected chi connectivity index (χ1v) is 9.28. The van der Waals surface area contributed by atoms with Crippen molar-refractivity contribution in [3.63, 3.8) is 0 Å². The zero-order valence-corrected chi connectivity index (χ0v) is 14.4. The highest BCUT2D eigenvalue weighted by atomic mass is 16.3. The van der Waals surface area contributed by atoms with Gasteiger partial charge in [-0.1, -0.05) is 39.3 Å². The lowest BCUT2D eigenvalue weighted by atomic mass is 9.37. The molecule has 0 saturated heterocycles. The second-order valence-electron chi connectivity index (χ2n) is 9.86. The minimum absolute atomic E-state index is 0.0812. The van der Waals surface area contributed by atoms with Gasteiger partial charge in [0, 0.05) is 5.92 Å². The van der Waals surface area contributed by atoms with E-state index in [1.165, 1.54) is 32.1 Å². The summed E-state index contributed by atoms with van der Waals surface area (Å²) >= 11 is 0. The Hall–Kier alpha value is -0.340. The van der Waals surface area contributed by atoms with E-state index in [4.69, 9.17) is 0 Å². The topological polar surface area (TPSA) is 40.5 Å². The molecule has 2 N–H and O–H groups in total. The number of hydrogen-bond acceptors (Lipinski definition) is 2. The molecule has 2 bridgehead atoms. The van der Waals surface area contributed by atoms with Gasteiger partial charge < -0.3 is 10.2 Å². The molecule has 0 heterocycles. The first-order valence-electron chi connectivity index (χ1n) is 9.28. The molecule has 1 spiro atoms. The van der Waals surface area contributed by atoms with Crippen LogP contribution in [0.3, 0.4) is 0 Å². The zero-order valence-electron chi connectivity index (χ0n) is 14.4. The van der Waals surface area contributed by atoms with Crippen LogP contribution in [0.4, 0.5) is 0 Å². The number of fused-ring (bicyclic) bond motifs is 2. The van der Waals surface area contributed by atoms with E-state index in [0.717, 1.165) is 18.8 Å². The van der Waals surface area contributed by atoms with Gasteiger partial charge in [0.2, 0.25) is 0 Å². The van der Waals surface area contributed by atoms with Crippen LogP contribution in [0.5, 0.6) is 0 Å². The number of rotatable bonds is 1. The Labute approximate surface area is 135 Å². The van der Waals surface area contributed by atoms with Crippen LogP contribution in [0.25, 0.3) is 0 Å². The highest BCUT2D eigenvalue weighted by Crippen LogP contribution is 2.70. The van der Waals surface area contributed by atoms with Crippen molar-refractivity contribution in [3.05, 3.63) is 12.2 Å². The summed E-state index contributed by atoms with van der Waals surface area (Å²) in [4.78, 5) is 0. The third kappa shape index (κ3) is 1.74. The summed E-state index contributed by atoms with van der Waals surface area (Å²) < 4.78 is 0. The fraction of sp³-hybridized carbons (Fsp3) is 0.900. The number of hydrogen-bond donors (Lipinski definition) is 2. The molecule has 6 atom stereocenters. The van der Waals surface area contributed by atoms with Crippen LogP contribution in [0, 0.1) is 34.0 Å². The van der Waals surface area contributed by atoms with Crippen molar-refractivity contribution in [1.29, 1.82) is 0 Å². The summed E-state index contributed by atoms with van der Waals surface area (Å²) in [6.45, 7) is 7.43. The van der Waals surface area contributed by atoms with Crippen molar-refractivity contribution >= 4 is 0 Å². The lowest BCUT2D eigenvalue weighted by molar-refractivity contribution is -0.199. The van der Waals surface area contributed by atoms with E-state index in [0.29, 0.717) is 16.7 Å². The number of allylic oxidation sites excluding steroid dienone is 1. The van der Waals surface area contributed by atoms with Gasteiger partial charge in [-0.2, -0.15) is 0 Å². The molecular formula is C20H32O2. The maximum Gasteiger partial charge on any atom is 0.0947 e. The van der Waals surface area contributed by atoms with E-state index in [1.807, 2.05) is 0 Å². The van der Waals surface area contributed by atoms with Gasteiger partial charge in [-0.3, -0.25) is 0 Å². The molecule has 5 aliphatic carbocycles. The fourth-order valence-electron chi connectivity index (χ4n) is 7.43. The normalized spacial score (nSPS) is 55.6. The molecule has 0 aromatic heterocycles. The highest BCUT2D eigenvalue weighted by molar-refractivity contribution is 5.26. The van der Waals surface area contributed by atoms with Gasteiger partial charge in [-0.05, 0) is 66.6 Å². The highest BCUT2D eigenvalue weighted by Gasteiger charge is 2.65. The average molecular weight is 304 g/mol. The van der Waals surface area contributed by atoms with Crippen molar-refractivity contribution in [3.8, 4) is 0 Å². The van der Waals surface area contributed by atoms with Gasteiger partial charge in [0.25, 0.3) is 0 Å². The first kappa shape index (κ1) is 15.2. The summed E-state index contributed by atoms with van der Waals surface area (Å²) in [6, 6.07) is 0. The van der Waals surface area contributed by atoms with Gasteiger partial charge in [0.1, 0.15) is 0 Å². The molecule has 5 aliphatic rings. The summed E-state index contributed by atoms with van der Waals surface area (Å²) in [5, 5.41) is 20.6. The van der Waals surface area contributed by atoms with E-state index in [2.05, 4.69) is 32.9 Å². The molecule has 0 radical (unpaired) electrons. The van der Waals surface area contributed by atoms with Gasteiger partial charge in [-0.15, -0.1) is 0 Å². The van der Waals surface area contributed by atoms with E-state index in [-0.39, 0.29) is 17.9 Å². The number of aliphatic hydroxyl groups excluding tert-OH is 1. The summed E-state index contributed by atoms with van der Waals surface area (Å²) in [7, 11) is 0. The predicted octanol–water partition coefficient (Wildman–Crippen LogP) is 3.92. The molecule has 3 fully saturated rings. The fourth-order valence-corrected chi connectivity index (χ4v) is 7.43. The molecule has 2 nitrogen and oxygen atoms in total. The molecule has 0 aliphatic heterocycles. The van der Waals surface area contributed by atoms with E-state index in [9.17, 15) is 10.2 Å². The average Bonchev–Trinajstić information content (AvgIpc) is 2.46. The Balaban J connectivity index is 1.75. The van der Waals surface area contributed by atoms with Crippen molar-refractivity contribution in [1.82, 2.24) is 0 Å². The molecule has 124 valence electrons. The molecule has 3 saturated carbocycles. The maximum atomic E-state index is 10.9. The Morgan fingerprint density at radius 1 is 1.09 bits per heavy atom. The van der Waals surface area contributed by atoms with Crippen LogP contribution < -0.4 is 0 Å². The summed E-state index contributed by atoms with van der Waals surface area (Å²) in [5.74, 6) is 1.67. The Bertz CT molecular complexity index is 510. The monoisotopic (exact) mass is 304 g/mol. The van der Waals surface area contributed by atoms with Crippen molar-refractivity contribution in [2.45, 2.75) is 71.3 Å². The largest absolute Gasteiger partial charge is 0.393 e. The first-order chi connectivity index (χ1) is 10.3. The lowest BCUT2D eigenvalue weighted by Gasteiger charge is -2.68. The van der Waals surface area contributed by atoms with E-state index in [1.54, 1.807) is 0 Å². The van der Waals surface area contributed by atoms with E-state index >= 15 is 0 Å². The second-order valence-corrected chi connectivity index (χ2v) is 9.86. The molecule has 0 amide bonds. The Morgan fingerprint density at radius 2 is 1.86 bits per heavy atom. The SMILES string of the molecule is CC1(C)CCC[C@]2(C)[C@@H]1CC[C@@]13C=C[C@@H](C[C@H]12)[C@](O)(CO)C3. The van der Waals surface area contributed by atoms with Gasteiger partial charge >= 0.3 is 0 Å². The Kier molecular flexibility index (Phi) is 3.03. The van der Waals surface area contributed by atoms with Crippen LogP contribution in [0.15, 0.2) is 12.2 Å². The van der Waals surface area contributed by atoms with Crippen molar-refractivity contribution in [2.75, 3.05) is 6.61 Å². The number of aliphatic hydroxyl groups is 2. The molecule has 0 aromatic rings. The van der Waals surface area contributed by atoms with Crippen LogP contribution in [0.2, 0.25) is 0 Å².